The first kappa shape index (κ1) is 24.6. The van der Waals surface area contributed by atoms with Crippen molar-refractivity contribution in [2.45, 2.75) is 32.5 Å². The van der Waals surface area contributed by atoms with Gasteiger partial charge in [0.15, 0.2) is 5.82 Å². The molecule has 0 spiro atoms. The molecular weight excluding hydrogens is 449 g/mol. The van der Waals surface area contributed by atoms with Crippen LogP contribution >= 0.6 is 11.6 Å². The van der Waals surface area contributed by atoms with Crippen LogP contribution in [-0.2, 0) is 16.1 Å². The summed E-state index contributed by atoms with van der Waals surface area (Å²) in [6.45, 7) is 4.29. The minimum Gasteiger partial charge on any atom is -0.496 e. The molecule has 2 aromatic carbocycles. The molecule has 3 N–H and O–H groups in total. The molecule has 0 radical (unpaired) electrons. The van der Waals surface area contributed by atoms with Crippen LogP contribution in [0.2, 0.25) is 5.02 Å². The van der Waals surface area contributed by atoms with E-state index >= 15 is 0 Å². The van der Waals surface area contributed by atoms with Crippen LogP contribution in [0.1, 0.15) is 19.4 Å². The normalized spacial score (nSPS) is 12.4. The number of hydrogen-bond donors (Lipinski definition) is 2. The van der Waals surface area contributed by atoms with Crippen LogP contribution in [0.5, 0.6) is 5.75 Å². The molecule has 0 aliphatic rings. The molecule has 3 rings (SSSR count). The topological polar surface area (TPSA) is 103 Å². The van der Waals surface area contributed by atoms with Gasteiger partial charge in [-0.3, -0.25) is 9.69 Å². The van der Waals surface area contributed by atoms with Crippen molar-refractivity contribution < 1.29 is 18.7 Å². The number of anilines is 2. The van der Waals surface area contributed by atoms with E-state index in [1.807, 2.05) is 19.9 Å². The van der Waals surface area contributed by atoms with Crippen LogP contribution in [0.15, 0.2) is 36.7 Å². The number of fused-ring (bicyclic) bond motifs is 1. The number of carbonyl (C=O) groups excluding carboxylic acids is 1. The number of halogens is 2. The maximum absolute atomic E-state index is 14.4. The highest BCUT2D eigenvalue weighted by Gasteiger charge is 2.23. The van der Waals surface area contributed by atoms with E-state index in [-0.39, 0.29) is 23.4 Å². The van der Waals surface area contributed by atoms with Gasteiger partial charge < -0.3 is 20.5 Å². The molecule has 33 heavy (non-hydrogen) atoms. The lowest BCUT2D eigenvalue weighted by Gasteiger charge is -2.27. The Labute approximate surface area is 196 Å². The molecule has 0 aliphatic heterocycles. The molecule has 1 aromatic heterocycles. The van der Waals surface area contributed by atoms with Crippen molar-refractivity contribution in [3.8, 4) is 5.75 Å². The molecule has 0 fully saturated rings. The third-order valence-electron chi connectivity index (χ3n) is 5.11. The second-order valence-electron chi connectivity index (χ2n) is 7.85. The first-order chi connectivity index (χ1) is 15.7. The molecule has 1 atom stereocenters. The van der Waals surface area contributed by atoms with E-state index in [1.54, 1.807) is 37.3 Å². The van der Waals surface area contributed by atoms with E-state index in [4.69, 9.17) is 26.8 Å². The van der Waals surface area contributed by atoms with Crippen molar-refractivity contribution in [1.82, 2.24) is 14.9 Å². The zero-order valence-electron chi connectivity index (χ0n) is 18.9. The largest absolute Gasteiger partial charge is 0.496 e. The number of nitrogens with two attached hydrogens (primary N) is 1. The highest BCUT2D eigenvalue weighted by Crippen LogP contribution is 2.32. The van der Waals surface area contributed by atoms with Crippen molar-refractivity contribution in [3.05, 3.63) is 53.1 Å². The number of amides is 1. The quantitative estimate of drug-likeness (QED) is 0.458. The zero-order chi connectivity index (χ0) is 24.1. The number of nitrogens with one attached hydrogen (secondary N) is 1. The van der Waals surface area contributed by atoms with Gasteiger partial charge in [-0.15, -0.1) is 0 Å². The monoisotopic (exact) mass is 475 g/mol. The van der Waals surface area contributed by atoms with E-state index in [2.05, 4.69) is 15.3 Å². The Hall–Kier alpha value is -3.01. The lowest BCUT2D eigenvalue weighted by atomic mass is 10.1. The SMILES string of the molecule is COc1cc2ncnc(Nc3cccc(Cl)c3F)c2cc1CN(C)[C@@H](COC(C)C)C(N)=O. The van der Waals surface area contributed by atoms with Gasteiger partial charge in [0.05, 0.1) is 36.0 Å². The van der Waals surface area contributed by atoms with Crippen molar-refractivity contribution in [1.29, 1.82) is 0 Å². The summed E-state index contributed by atoms with van der Waals surface area (Å²) >= 11 is 5.90. The number of methoxy groups -OCH3 is 1. The number of carbonyl (C=O) groups is 1. The zero-order valence-corrected chi connectivity index (χ0v) is 19.7. The number of aromatic nitrogens is 2. The molecule has 0 aliphatic carbocycles. The van der Waals surface area contributed by atoms with Crippen molar-refractivity contribution in [3.63, 3.8) is 0 Å². The molecule has 176 valence electrons. The third-order valence-corrected chi connectivity index (χ3v) is 5.40. The van der Waals surface area contributed by atoms with Crippen LogP contribution in [0.4, 0.5) is 15.9 Å². The van der Waals surface area contributed by atoms with E-state index in [9.17, 15) is 9.18 Å². The Morgan fingerprint density at radius 3 is 2.73 bits per heavy atom. The maximum Gasteiger partial charge on any atom is 0.237 e. The van der Waals surface area contributed by atoms with Crippen molar-refractivity contribution in [2.24, 2.45) is 5.73 Å². The van der Waals surface area contributed by atoms with Gasteiger partial charge in [-0.1, -0.05) is 17.7 Å². The summed E-state index contributed by atoms with van der Waals surface area (Å²) in [7, 11) is 3.34. The average Bonchev–Trinajstić information content (AvgIpc) is 2.76. The van der Waals surface area contributed by atoms with Crippen molar-refractivity contribution >= 4 is 39.9 Å². The predicted octanol–water partition coefficient (Wildman–Crippen LogP) is 3.89. The molecule has 1 heterocycles. The molecule has 0 unspecified atom stereocenters. The molecular formula is C23H27ClFN5O3. The van der Waals surface area contributed by atoms with Gasteiger partial charge in [-0.05, 0) is 39.1 Å². The van der Waals surface area contributed by atoms with Crippen molar-refractivity contribution in [2.75, 3.05) is 26.1 Å². The standard InChI is InChI=1S/C23H27ClFN5O3/c1-13(2)33-11-19(22(26)31)30(3)10-14-8-15-18(9-20(14)32-4)27-12-28-23(15)29-17-7-5-6-16(24)21(17)25/h5-9,12-13,19H,10-11H2,1-4H3,(H2,26,31)(H,27,28,29)/t19-/m0/s1. The average molecular weight is 476 g/mol. The fraction of sp³-hybridized carbons (Fsp3) is 0.348. The van der Waals surface area contributed by atoms with Gasteiger partial charge in [-0.25, -0.2) is 14.4 Å². The van der Waals surface area contributed by atoms with Crippen LogP contribution < -0.4 is 15.8 Å². The fourth-order valence-electron chi connectivity index (χ4n) is 3.36. The Bertz CT molecular complexity index is 1140. The van der Waals surface area contributed by atoms with Crippen LogP contribution in [-0.4, -0.2) is 53.7 Å². The summed E-state index contributed by atoms with van der Waals surface area (Å²) in [5.41, 5.74) is 7.17. The summed E-state index contributed by atoms with van der Waals surface area (Å²) < 4.78 is 25.6. The summed E-state index contributed by atoms with van der Waals surface area (Å²) in [5, 5.41) is 3.64. The number of likely N-dealkylation sites (N-methyl/N-ethyl adjacent to an activating group) is 1. The predicted molar refractivity (Wildman–Crippen MR) is 126 cm³/mol. The molecule has 1 amide bonds. The van der Waals surface area contributed by atoms with Crippen LogP contribution in [0.3, 0.4) is 0 Å². The Morgan fingerprint density at radius 1 is 1.30 bits per heavy atom. The van der Waals surface area contributed by atoms with E-state index in [0.29, 0.717) is 29.0 Å². The Morgan fingerprint density at radius 2 is 2.06 bits per heavy atom. The number of primary amides is 1. The molecule has 0 bridgehead atoms. The fourth-order valence-corrected chi connectivity index (χ4v) is 3.53. The molecule has 0 saturated heterocycles. The van der Waals surface area contributed by atoms with Gasteiger partial charge in [-0.2, -0.15) is 0 Å². The lowest BCUT2D eigenvalue weighted by molar-refractivity contribution is -0.125. The number of benzene rings is 2. The summed E-state index contributed by atoms with van der Waals surface area (Å²) in [6, 6.07) is 7.67. The lowest BCUT2D eigenvalue weighted by Crippen LogP contribution is -2.45. The van der Waals surface area contributed by atoms with Crippen LogP contribution in [0.25, 0.3) is 10.9 Å². The second-order valence-corrected chi connectivity index (χ2v) is 8.25. The minimum absolute atomic E-state index is 0.00320. The molecule has 8 nitrogen and oxygen atoms in total. The second kappa shape index (κ2) is 10.7. The van der Waals surface area contributed by atoms with E-state index in [0.717, 1.165) is 5.56 Å². The molecule has 0 saturated carbocycles. The van der Waals surface area contributed by atoms with Gasteiger partial charge >= 0.3 is 0 Å². The van der Waals surface area contributed by atoms with Gasteiger partial charge in [0.1, 0.15) is 23.9 Å². The Balaban J connectivity index is 1.97. The van der Waals surface area contributed by atoms with Crippen LogP contribution in [0, 0.1) is 5.82 Å². The molecule has 3 aromatic rings. The Kier molecular flexibility index (Phi) is 8.01. The smallest absolute Gasteiger partial charge is 0.237 e. The van der Waals surface area contributed by atoms with Gasteiger partial charge in [0.25, 0.3) is 0 Å². The number of ether oxygens (including phenoxy) is 2. The third kappa shape index (κ3) is 5.87. The van der Waals surface area contributed by atoms with Gasteiger partial charge in [0.2, 0.25) is 5.91 Å². The maximum atomic E-state index is 14.4. The number of nitrogens with zero attached hydrogens (tertiary/aromatic N) is 3. The number of hydrogen-bond acceptors (Lipinski definition) is 7. The van der Waals surface area contributed by atoms with E-state index in [1.165, 1.54) is 12.4 Å². The number of rotatable bonds is 10. The summed E-state index contributed by atoms with van der Waals surface area (Å²) in [4.78, 5) is 22.4. The molecule has 10 heteroatoms. The summed E-state index contributed by atoms with van der Waals surface area (Å²) in [6.07, 6.45) is 1.35. The van der Waals surface area contributed by atoms with Gasteiger partial charge in [0, 0.05) is 23.6 Å². The highest BCUT2D eigenvalue weighted by molar-refractivity contribution is 6.31. The highest BCUT2D eigenvalue weighted by atomic mass is 35.5. The van der Waals surface area contributed by atoms with E-state index < -0.39 is 17.8 Å². The minimum atomic E-state index is -0.627. The summed E-state index contributed by atoms with van der Waals surface area (Å²) in [5.74, 6) is -0.0721. The first-order valence-corrected chi connectivity index (χ1v) is 10.7. The first-order valence-electron chi connectivity index (χ1n) is 10.3.